The second kappa shape index (κ2) is 9.63. The first-order valence-electron chi connectivity index (χ1n) is 7.96. The highest BCUT2D eigenvalue weighted by molar-refractivity contribution is 7.99. The van der Waals surface area contributed by atoms with E-state index in [1.165, 1.54) is 0 Å². The highest BCUT2D eigenvalue weighted by Crippen LogP contribution is 2.26. The molecule has 0 saturated carbocycles. The maximum Gasteiger partial charge on any atom is 0.306 e. The van der Waals surface area contributed by atoms with Crippen LogP contribution in [-0.4, -0.2) is 34.3 Å². The fraction of sp³-hybridized carbons (Fsp3) is 0.316. The molecule has 4 nitrogen and oxygen atoms in total. The fourth-order valence-corrected chi connectivity index (χ4v) is 3.83. The van der Waals surface area contributed by atoms with E-state index in [0.717, 1.165) is 20.9 Å². The lowest BCUT2D eigenvalue weighted by molar-refractivity contribution is -0.142. The molecule has 0 fully saturated rings. The van der Waals surface area contributed by atoms with Gasteiger partial charge in [0.15, 0.2) is 0 Å². The second-order valence-electron chi connectivity index (χ2n) is 5.56. The molecule has 0 bridgehead atoms. The minimum absolute atomic E-state index is 0.203. The van der Waals surface area contributed by atoms with Gasteiger partial charge in [0, 0.05) is 21.3 Å². The van der Waals surface area contributed by atoms with Crippen LogP contribution >= 0.6 is 23.5 Å². The number of carbonyl (C=O) groups excluding carboxylic acids is 1. The van der Waals surface area contributed by atoms with Crippen molar-refractivity contribution in [3.8, 4) is 11.5 Å². The average molecular weight is 379 g/mol. The molecule has 0 unspecified atom stereocenters. The Morgan fingerprint density at radius 1 is 0.920 bits per heavy atom. The van der Waals surface area contributed by atoms with Crippen molar-refractivity contribution in [1.29, 1.82) is 0 Å². The van der Waals surface area contributed by atoms with Crippen LogP contribution in [0.5, 0.6) is 11.5 Å². The van der Waals surface area contributed by atoms with Gasteiger partial charge in [0.05, 0.1) is 6.42 Å². The molecule has 0 aromatic heterocycles. The summed E-state index contributed by atoms with van der Waals surface area (Å²) in [5.41, 5.74) is 1.66. The van der Waals surface area contributed by atoms with E-state index in [1.54, 1.807) is 35.7 Å². The predicted octanol–water partition coefficient (Wildman–Crippen LogP) is 4.53. The van der Waals surface area contributed by atoms with Crippen molar-refractivity contribution in [2.75, 3.05) is 18.1 Å². The lowest BCUT2D eigenvalue weighted by atomic mass is 10.2. The molecular weight excluding hydrogens is 356 g/mol. The Kier molecular flexibility index (Phi) is 7.52. The van der Waals surface area contributed by atoms with Crippen LogP contribution in [0.2, 0.25) is 0 Å². The number of carbonyl (C=O) groups is 1. The van der Waals surface area contributed by atoms with Crippen LogP contribution in [0.25, 0.3) is 0 Å². The van der Waals surface area contributed by atoms with Gasteiger partial charge in [-0.3, -0.25) is 4.79 Å². The third kappa shape index (κ3) is 6.55. The Morgan fingerprint density at radius 2 is 1.44 bits per heavy atom. The van der Waals surface area contributed by atoms with Crippen molar-refractivity contribution in [2.24, 2.45) is 0 Å². The molecular formula is C19H22O4S2. The van der Waals surface area contributed by atoms with Gasteiger partial charge in [-0.25, -0.2) is 0 Å². The number of hydrogen-bond donors (Lipinski definition) is 2. The molecule has 0 aliphatic carbocycles. The van der Waals surface area contributed by atoms with Gasteiger partial charge in [0.2, 0.25) is 0 Å². The molecule has 0 saturated heterocycles. The number of ether oxygens (including phenoxy) is 1. The van der Waals surface area contributed by atoms with Crippen LogP contribution < -0.4 is 0 Å². The Balaban J connectivity index is 1.62. The lowest BCUT2D eigenvalue weighted by Crippen LogP contribution is -2.08. The first-order chi connectivity index (χ1) is 12.0. The zero-order valence-electron chi connectivity index (χ0n) is 14.3. The molecule has 2 aromatic carbocycles. The first-order valence-corrected chi connectivity index (χ1v) is 9.93. The normalized spacial score (nSPS) is 10.6. The summed E-state index contributed by atoms with van der Waals surface area (Å²) in [6, 6.07) is 10.9. The molecule has 0 atom stereocenters. The Morgan fingerprint density at radius 3 is 1.96 bits per heavy atom. The van der Waals surface area contributed by atoms with Crippen molar-refractivity contribution < 1.29 is 19.7 Å². The molecule has 134 valence electrons. The summed E-state index contributed by atoms with van der Waals surface area (Å²) in [6.45, 7) is 4.07. The van der Waals surface area contributed by atoms with E-state index in [0.29, 0.717) is 24.5 Å². The summed E-state index contributed by atoms with van der Waals surface area (Å²) < 4.78 is 5.24. The number of benzene rings is 2. The number of thioether (sulfide) groups is 2. The van der Waals surface area contributed by atoms with Crippen molar-refractivity contribution in [3.63, 3.8) is 0 Å². The quantitative estimate of drug-likeness (QED) is 0.400. The number of aryl methyl sites for hydroxylation is 2. The Hall–Kier alpha value is -1.79. The van der Waals surface area contributed by atoms with Crippen LogP contribution in [-0.2, 0) is 9.53 Å². The molecule has 0 heterocycles. The largest absolute Gasteiger partial charge is 0.508 e. The highest BCUT2D eigenvalue weighted by atomic mass is 32.2. The van der Waals surface area contributed by atoms with E-state index in [9.17, 15) is 15.0 Å². The maximum absolute atomic E-state index is 11.7. The van der Waals surface area contributed by atoms with Crippen molar-refractivity contribution >= 4 is 29.5 Å². The zero-order chi connectivity index (χ0) is 18.2. The number of hydrogen-bond acceptors (Lipinski definition) is 6. The molecule has 2 rings (SSSR count). The van der Waals surface area contributed by atoms with Crippen molar-refractivity contribution in [3.05, 3.63) is 47.5 Å². The molecule has 0 aliphatic heterocycles. The molecule has 6 heteroatoms. The maximum atomic E-state index is 11.7. The van der Waals surface area contributed by atoms with Crippen LogP contribution in [0, 0.1) is 13.8 Å². The molecule has 25 heavy (non-hydrogen) atoms. The third-order valence-electron chi connectivity index (χ3n) is 3.53. The first kappa shape index (κ1) is 19.5. The van der Waals surface area contributed by atoms with E-state index in [4.69, 9.17) is 4.74 Å². The second-order valence-corrected chi connectivity index (χ2v) is 7.90. The molecule has 0 spiro atoms. The summed E-state index contributed by atoms with van der Waals surface area (Å²) in [4.78, 5) is 13.8. The molecule has 2 aromatic rings. The number of rotatable bonds is 8. The SMILES string of the molecule is Cc1cc(SCCOC(=O)CCSc2ccc(O)c(C)c2)ccc1O. The number of phenols is 2. The summed E-state index contributed by atoms with van der Waals surface area (Å²) in [5.74, 6) is 1.70. The van der Waals surface area contributed by atoms with E-state index in [-0.39, 0.29) is 17.5 Å². The average Bonchev–Trinajstić information content (AvgIpc) is 2.58. The number of phenolic OH excluding ortho intramolecular Hbond substituents is 2. The van der Waals surface area contributed by atoms with Crippen LogP contribution in [0.3, 0.4) is 0 Å². The van der Waals surface area contributed by atoms with Crippen molar-refractivity contribution in [2.45, 2.75) is 30.1 Å². The number of aromatic hydroxyl groups is 2. The van der Waals surface area contributed by atoms with Gasteiger partial charge < -0.3 is 14.9 Å². The van der Waals surface area contributed by atoms with Gasteiger partial charge in [-0.15, -0.1) is 23.5 Å². The van der Waals surface area contributed by atoms with E-state index in [1.807, 2.05) is 38.1 Å². The third-order valence-corrected chi connectivity index (χ3v) is 5.48. The predicted molar refractivity (Wildman–Crippen MR) is 103 cm³/mol. The van der Waals surface area contributed by atoms with Gasteiger partial charge >= 0.3 is 5.97 Å². The molecule has 0 aliphatic rings. The van der Waals surface area contributed by atoms with Crippen molar-refractivity contribution in [1.82, 2.24) is 0 Å². The topological polar surface area (TPSA) is 66.8 Å². The lowest BCUT2D eigenvalue weighted by Gasteiger charge is -2.07. The fourth-order valence-electron chi connectivity index (χ4n) is 2.07. The minimum atomic E-state index is -0.203. The van der Waals surface area contributed by atoms with Crippen LogP contribution in [0.15, 0.2) is 46.2 Å². The molecule has 2 N–H and O–H groups in total. The summed E-state index contributed by atoms with van der Waals surface area (Å²) >= 11 is 3.16. The van der Waals surface area contributed by atoms with Crippen LogP contribution in [0.1, 0.15) is 17.5 Å². The summed E-state index contributed by atoms with van der Waals surface area (Å²) in [6.07, 6.45) is 0.355. The Labute approximate surface area is 156 Å². The van der Waals surface area contributed by atoms with Gasteiger partial charge in [0.25, 0.3) is 0 Å². The number of esters is 1. The van der Waals surface area contributed by atoms with Gasteiger partial charge in [-0.1, -0.05) is 0 Å². The summed E-state index contributed by atoms with van der Waals surface area (Å²) in [5, 5.41) is 19.0. The smallest absolute Gasteiger partial charge is 0.306 e. The van der Waals surface area contributed by atoms with Gasteiger partial charge in [-0.05, 0) is 61.4 Å². The Bertz CT molecular complexity index is 731. The van der Waals surface area contributed by atoms with Gasteiger partial charge in [-0.2, -0.15) is 0 Å². The van der Waals surface area contributed by atoms with E-state index in [2.05, 4.69) is 0 Å². The highest BCUT2D eigenvalue weighted by Gasteiger charge is 2.05. The van der Waals surface area contributed by atoms with E-state index >= 15 is 0 Å². The molecule has 0 amide bonds. The zero-order valence-corrected chi connectivity index (χ0v) is 16.0. The standard InChI is InChI=1S/C19H22O4S2/c1-13-11-15(3-5-17(13)20)24-9-7-19(22)23-8-10-25-16-4-6-18(21)14(2)12-16/h3-6,11-12,20-21H,7-10H2,1-2H3. The van der Waals surface area contributed by atoms with Gasteiger partial charge in [0.1, 0.15) is 18.1 Å². The van der Waals surface area contributed by atoms with E-state index < -0.39 is 0 Å². The monoisotopic (exact) mass is 378 g/mol. The minimum Gasteiger partial charge on any atom is -0.508 e. The van der Waals surface area contributed by atoms with Crippen LogP contribution in [0.4, 0.5) is 0 Å². The molecule has 0 radical (unpaired) electrons. The summed E-state index contributed by atoms with van der Waals surface area (Å²) in [7, 11) is 0.